The summed E-state index contributed by atoms with van der Waals surface area (Å²) in [5.74, 6) is 0.650. The Morgan fingerprint density at radius 1 is 1.12 bits per heavy atom. The zero-order chi connectivity index (χ0) is 17.6. The number of carbonyl (C=O) groups is 1. The highest BCUT2D eigenvalue weighted by molar-refractivity contribution is 7.09. The van der Waals surface area contributed by atoms with Crippen LogP contribution >= 0.6 is 22.9 Å². The van der Waals surface area contributed by atoms with Gasteiger partial charge in [0, 0.05) is 23.4 Å². The maximum Gasteiger partial charge on any atom is 0.271 e. The minimum Gasteiger partial charge on any atom is -0.497 e. The van der Waals surface area contributed by atoms with Gasteiger partial charge in [0.1, 0.15) is 11.4 Å². The highest BCUT2D eigenvalue weighted by atomic mass is 35.5. The molecule has 6 heteroatoms. The Balaban J connectivity index is 1.58. The number of nitrogens with one attached hydrogen (secondary N) is 1. The third-order valence-corrected chi connectivity index (χ3v) is 4.77. The van der Waals surface area contributed by atoms with Gasteiger partial charge in [0.2, 0.25) is 0 Å². The van der Waals surface area contributed by atoms with Gasteiger partial charge in [-0.05, 0) is 35.4 Å². The van der Waals surface area contributed by atoms with Crippen molar-refractivity contribution in [1.82, 2.24) is 10.3 Å². The first kappa shape index (κ1) is 17.5. The van der Waals surface area contributed by atoms with Crippen LogP contribution in [0.15, 0.2) is 53.9 Å². The van der Waals surface area contributed by atoms with Crippen LogP contribution in [0.4, 0.5) is 0 Å². The summed E-state index contributed by atoms with van der Waals surface area (Å²) in [5, 5.41) is 6.24. The molecule has 0 spiro atoms. The molecule has 0 saturated heterocycles. The number of methoxy groups -OCH3 is 1. The standard InChI is InChI=1S/C19H17ClN2O2S/c1-24-16-8-4-13(5-9-16)10-18-22-17(12-25-18)19(23)21-11-14-2-6-15(20)7-3-14/h2-9,12H,10-11H2,1H3,(H,21,23). The molecule has 0 radical (unpaired) electrons. The predicted octanol–water partition coefficient (Wildman–Crippen LogP) is 4.33. The summed E-state index contributed by atoms with van der Waals surface area (Å²) in [6.07, 6.45) is 0.694. The number of thiazole rings is 1. The Labute approximate surface area is 155 Å². The lowest BCUT2D eigenvalue weighted by molar-refractivity contribution is 0.0946. The van der Waals surface area contributed by atoms with Crippen LogP contribution in [0.1, 0.15) is 26.6 Å². The smallest absolute Gasteiger partial charge is 0.271 e. The summed E-state index contributed by atoms with van der Waals surface area (Å²) < 4.78 is 5.15. The molecule has 4 nitrogen and oxygen atoms in total. The molecule has 0 fully saturated rings. The number of nitrogens with zero attached hydrogens (tertiary/aromatic N) is 1. The molecule has 0 unspecified atom stereocenters. The van der Waals surface area contributed by atoms with E-state index in [-0.39, 0.29) is 5.91 Å². The number of hydrogen-bond acceptors (Lipinski definition) is 4. The van der Waals surface area contributed by atoms with Gasteiger partial charge in [-0.15, -0.1) is 11.3 Å². The number of carbonyl (C=O) groups excluding carboxylic acids is 1. The van der Waals surface area contributed by atoms with Crippen molar-refractivity contribution >= 4 is 28.8 Å². The van der Waals surface area contributed by atoms with E-state index in [1.165, 1.54) is 11.3 Å². The van der Waals surface area contributed by atoms with E-state index in [1.54, 1.807) is 24.6 Å². The van der Waals surface area contributed by atoms with E-state index < -0.39 is 0 Å². The number of ether oxygens (including phenoxy) is 1. The second-order valence-electron chi connectivity index (χ2n) is 5.46. The number of hydrogen-bond donors (Lipinski definition) is 1. The van der Waals surface area contributed by atoms with E-state index in [9.17, 15) is 4.79 Å². The first-order valence-corrected chi connectivity index (χ1v) is 9.00. The van der Waals surface area contributed by atoms with Crippen LogP contribution < -0.4 is 10.1 Å². The van der Waals surface area contributed by atoms with E-state index >= 15 is 0 Å². The molecule has 1 amide bonds. The normalized spacial score (nSPS) is 10.5. The van der Waals surface area contributed by atoms with Crippen LogP contribution in [0.25, 0.3) is 0 Å². The molecule has 0 aliphatic rings. The average Bonchev–Trinajstić information content (AvgIpc) is 3.10. The summed E-state index contributed by atoms with van der Waals surface area (Å²) in [4.78, 5) is 16.7. The number of halogens is 1. The monoisotopic (exact) mass is 372 g/mol. The van der Waals surface area contributed by atoms with Crippen molar-refractivity contribution in [3.05, 3.63) is 80.8 Å². The molecule has 0 aliphatic carbocycles. The van der Waals surface area contributed by atoms with Crippen molar-refractivity contribution in [2.45, 2.75) is 13.0 Å². The third-order valence-electron chi connectivity index (χ3n) is 3.67. The highest BCUT2D eigenvalue weighted by Crippen LogP contribution is 2.18. The maximum absolute atomic E-state index is 12.2. The quantitative estimate of drug-likeness (QED) is 0.700. The van der Waals surface area contributed by atoms with Crippen LogP contribution in [0.2, 0.25) is 5.02 Å². The van der Waals surface area contributed by atoms with Crippen LogP contribution in [0, 0.1) is 0 Å². The first-order chi connectivity index (χ1) is 12.1. The van der Waals surface area contributed by atoms with Crippen LogP contribution in [0.3, 0.4) is 0 Å². The summed E-state index contributed by atoms with van der Waals surface area (Å²) in [6.45, 7) is 0.446. The fourth-order valence-electron chi connectivity index (χ4n) is 2.29. The third kappa shape index (κ3) is 4.81. The first-order valence-electron chi connectivity index (χ1n) is 7.74. The van der Waals surface area contributed by atoms with Crippen molar-refractivity contribution in [2.75, 3.05) is 7.11 Å². The van der Waals surface area contributed by atoms with Crippen molar-refractivity contribution in [3.8, 4) is 5.75 Å². The molecule has 128 valence electrons. The van der Waals surface area contributed by atoms with E-state index in [0.717, 1.165) is 21.9 Å². The van der Waals surface area contributed by atoms with Crippen LogP contribution in [0.5, 0.6) is 5.75 Å². The fourth-order valence-corrected chi connectivity index (χ4v) is 3.22. The minimum absolute atomic E-state index is 0.174. The highest BCUT2D eigenvalue weighted by Gasteiger charge is 2.11. The second kappa shape index (κ2) is 8.14. The lowest BCUT2D eigenvalue weighted by atomic mass is 10.1. The van der Waals surface area contributed by atoms with Crippen molar-refractivity contribution < 1.29 is 9.53 Å². The summed E-state index contributed by atoms with van der Waals surface area (Å²) in [7, 11) is 1.64. The van der Waals surface area contributed by atoms with Gasteiger partial charge in [-0.2, -0.15) is 0 Å². The molecule has 1 heterocycles. The zero-order valence-electron chi connectivity index (χ0n) is 13.7. The van der Waals surface area contributed by atoms with Crippen molar-refractivity contribution in [3.63, 3.8) is 0 Å². The Morgan fingerprint density at radius 3 is 2.48 bits per heavy atom. The molecule has 0 bridgehead atoms. The Kier molecular flexibility index (Phi) is 5.68. The number of aromatic nitrogens is 1. The Hall–Kier alpha value is -2.37. The van der Waals surface area contributed by atoms with Gasteiger partial charge in [0.05, 0.1) is 12.1 Å². The van der Waals surface area contributed by atoms with E-state index in [2.05, 4.69) is 10.3 Å². The van der Waals surface area contributed by atoms with Gasteiger partial charge < -0.3 is 10.1 Å². The molecule has 3 rings (SSSR count). The van der Waals surface area contributed by atoms with Gasteiger partial charge in [0.25, 0.3) is 5.91 Å². The van der Waals surface area contributed by atoms with Crippen molar-refractivity contribution in [2.24, 2.45) is 0 Å². The molecular formula is C19H17ClN2O2S. The topological polar surface area (TPSA) is 51.2 Å². The van der Waals surface area contributed by atoms with E-state index in [4.69, 9.17) is 16.3 Å². The molecule has 0 saturated carbocycles. The molecule has 25 heavy (non-hydrogen) atoms. The minimum atomic E-state index is -0.174. The molecule has 0 atom stereocenters. The zero-order valence-corrected chi connectivity index (χ0v) is 15.2. The van der Waals surface area contributed by atoms with Gasteiger partial charge in [-0.3, -0.25) is 4.79 Å². The van der Waals surface area contributed by atoms with Gasteiger partial charge in [0.15, 0.2) is 0 Å². The molecule has 1 aromatic heterocycles. The maximum atomic E-state index is 12.2. The summed E-state index contributed by atoms with van der Waals surface area (Å²) in [6, 6.07) is 15.2. The van der Waals surface area contributed by atoms with Crippen LogP contribution in [-0.4, -0.2) is 18.0 Å². The van der Waals surface area contributed by atoms with Gasteiger partial charge >= 0.3 is 0 Å². The van der Waals surface area contributed by atoms with Crippen molar-refractivity contribution in [1.29, 1.82) is 0 Å². The lowest BCUT2D eigenvalue weighted by Gasteiger charge is -2.03. The lowest BCUT2D eigenvalue weighted by Crippen LogP contribution is -2.23. The Morgan fingerprint density at radius 2 is 1.80 bits per heavy atom. The fraction of sp³-hybridized carbons (Fsp3) is 0.158. The molecule has 0 aliphatic heterocycles. The van der Waals surface area contributed by atoms with Gasteiger partial charge in [-0.25, -0.2) is 4.98 Å². The Bertz CT molecular complexity index is 845. The van der Waals surface area contributed by atoms with Crippen LogP contribution in [-0.2, 0) is 13.0 Å². The molecule has 3 aromatic rings. The average molecular weight is 373 g/mol. The number of rotatable bonds is 6. The predicted molar refractivity (Wildman–Crippen MR) is 101 cm³/mol. The molecular weight excluding hydrogens is 356 g/mol. The summed E-state index contributed by atoms with van der Waals surface area (Å²) >= 11 is 7.34. The number of benzene rings is 2. The summed E-state index contributed by atoms with van der Waals surface area (Å²) in [5.41, 5.74) is 2.57. The molecule has 2 aromatic carbocycles. The SMILES string of the molecule is COc1ccc(Cc2nc(C(=O)NCc3ccc(Cl)cc3)cs2)cc1. The molecule has 1 N–H and O–H groups in total. The van der Waals surface area contributed by atoms with Gasteiger partial charge in [-0.1, -0.05) is 35.9 Å². The largest absolute Gasteiger partial charge is 0.497 e. The van der Waals surface area contributed by atoms with E-state index in [0.29, 0.717) is 23.7 Å². The van der Waals surface area contributed by atoms with E-state index in [1.807, 2.05) is 36.4 Å². The number of amides is 1. The second-order valence-corrected chi connectivity index (χ2v) is 6.84.